The second kappa shape index (κ2) is 6.73. The fourth-order valence-electron chi connectivity index (χ4n) is 3.03. The van der Waals surface area contributed by atoms with Crippen LogP contribution in [-0.2, 0) is 4.79 Å². The van der Waals surface area contributed by atoms with Crippen molar-refractivity contribution in [2.45, 2.75) is 13.0 Å². The highest BCUT2D eigenvalue weighted by molar-refractivity contribution is 5.91. The van der Waals surface area contributed by atoms with Crippen LogP contribution in [0.4, 0.5) is 5.69 Å². The van der Waals surface area contributed by atoms with Crippen molar-refractivity contribution >= 4 is 22.4 Å². The van der Waals surface area contributed by atoms with Crippen molar-refractivity contribution in [2.24, 2.45) is 0 Å². The Kier molecular flexibility index (Phi) is 4.48. The maximum atomic E-state index is 11.8. The van der Waals surface area contributed by atoms with Crippen LogP contribution in [0.2, 0.25) is 0 Å². The highest BCUT2D eigenvalue weighted by atomic mass is 16.5. The van der Waals surface area contributed by atoms with Crippen molar-refractivity contribution in [1.29, 1.82) is 0 Å². The molecule has 0 heterocycles. The van der Waals surface area contributed by atoms with Gasteiger partial charge in [0.25, 0.3) is 0 Å². The molecule has 0 aliphatic rings. The number of phenolic OH excluding ortho intramolecular Hbond substituents is 1. The van der Waals surface area contributed by atoms with Gasteiger partial charge in [0.2, 0.25) is 5.91 Å². The molecule has 25 heavy (non-hydrogen) atoms. The van der Waals surface area contributed by atoms with Gasteiger partial charge in [0, 0.05) is 18.2 Å². The number of hydrogen-bond acceptors (Lipinski definition) is 4. The summed E-state index contributed by atoms with van der Waals surface area (Å²) in [6.45, 7) is 1.46. The molecule has 1 atom stereocenters. The van der Waals surface area contributed by atoms with Gasteiger partial charge in [-0.1, -0.05) is 36.4 Å². The van der Waals surface area contributed by atoms with Crippen molar-refractivity contribution < 1.29 is 14.6 Å². The van der Waals surface area contributed by atoms with Crippen LogP contribution in [-0.4, -0.2) is 18.1 Å². The van der Waals surface area contributed by atoms with Gasteiger partial charge in [0.15, 0.2) is 11.5 Å². The normalized spacial score (nSPS) is 11.9. The highest BCUT2D eigenvalue weighted by Gasteiger charge is 2.21. The van der Waals surface area contributed by atoms with Crippen LogP contribution in [0.5, 0.6) is 11.5 Å². The molecular weight excluding hydrogens is 316 g/mol. The number of benzene rings is 3. The summed E-state index contributed by atoms with van der Waals surface area (Å²) in [7, 11) is 1.48. The van der Waals surface area contributed by atoms with E-state index in [4.69, 9.17) is 10.5 Å². The van der Waals surface area contributed by atoms with E-state index in [1.165, 1.54) is 14.0 Å². The van der Waals surface area contributed by atoms with Gasteiger partial charge in [-0.25, -0.2) is 0 Å². The lowest BCUT2D eigenvalue weighted by Gasteiger charge is -2.23. The minimum Gasteiger partial charge on any atom is -0.504 e. The fourth-order valence-corrected chi connectivity index (χ4v) is 3.03. The molecule has 0 saturated heterocycles. The van der Waals surface area contributed by atoms with Gasteiger partial charge >= 0.3 is 0 Å². The standard InChI is InChI=1S/C20H20N2O3/c1-12(23)22-20(14-8-10-17(24)18(11-14)25-2)19-15-6-4-3-5-13(15)7-9-16(19)21/h3-11,20,24H,21H2,1-2H3,(H,22,23). The smallest absolute Gasteiger partial charge is 0.217 e. The number of aromatic hydroxyl groups is 1. The third kappa shape index (κ3) is 3.21. The van der Waals surface area contributed by atoms with Crippen molar-refractivity contribution in [2.75, 3.05) is 12.8 Å². The third-order valence-corrected chi connectivity index (χ3v) is 4.18. The fraction of sp³-hybridized carbons (Fsp3) is 0.150. The summed E-state index contributed by atoms with van der Waals surface area (Å²) in [6.07, 6.45) is 0. The number of phenols is 1. The number of carbonyl (C=O) groups is 1. The molecule has 0 aliphatic carbocycles. The van der Waals surface area contributed by atoms with Crippen molar-refractivity contribution in [3.63, 3.8) is 0 Å². The van der Waals surface area contributed by atoms with E-state index in [0.29, 0.717) is 11.4 Å². The first-order valence-corrected chi connectivity index (χ1v) is 7.92. The molecule has 1 amide bonds. The summed E-state index contributed by atoms with van der Waals surface area (Å²) in [5, 5.41) is 14.8. The number of anilines is 1. The number of methoxy groups -OCH3 is 1. The largest absolute Gasteiger partial charge is 0.504 e. The number of hydrogen-bond donors (Lipinski definition) is 3. The molecule has 3 aromatic rings. The molecule has 0 aromatic heterocycles. The van der Waals surface area contributed by atoms with Crippen LogP contribution in [0.25, 0.3) is 10.8 Å². The molecule has 0 spiro atoms. The van der Waals surface area contributed by atoms with E-state index < -0.39 is 6.04 Å². The molecule has 128 valence electrons. The molecule has 0 fully saturated rings. The third-order valence-electron chi connectivity index (χ3n) is 4.18. The molecule has 1 unspecified atom stereocenters. The van der Waals surface area contributed by atoms with Crippen molar-refractivity contribution in [3.05, 3.63) is 65.7 Å². The summed E-state index contributed by atoms with van der Waals surface area (Å²) in [4.78, 5) is 11.8. The molecule has 0 radical (unpaired) electrons. The van der Waals surface area contributed by atoms with Crippen LogP contribution < -0.4 is 15.8 Å². The second-order valence-electron chi connectivity index (χ2n) is 5.85. The predicted octanol–water partition coefficient (Wildman–Crippen LogP) is 3.36. The monoisotopic (exact) mass is 336 g/mol. The average Bonchev–Trinajstić information content (AvgIpc) is 2.60. The van der Waals surface area contributed by atoms with Gasteiger partial charge in [-0.2, -0.15) is 0 Å². The summed E-state index contributed by atoms with van der Waals surface area (Å²) in [5.74, 6) is 0.203. The summed E-state index contributed by atoms with van der Waals surface area (Å²) in [5.41, 5.74) is 8.45. The summed E-state index contributed by atoms with van der Waals surface area (Å²) in [6, 6.07) is 16.2. The molecule has 0 saturated carbocycles. The van der Waals surface area contributed by atoms with Crippen LogP contribution in [0.3, 0.4) is 0 Å². The average molecular weight is 336 g/mol. The number of fused-ring (bicyclic) bond motifs is 1. The number of nitrogen functional groups attached to an aromatic ring is 1. The first-order chi connectivity index (χ1) is 12.0. The van der Waals surface area contributed by atoms with Gasteiger partial charge < -0.3 is 20.9 Å². The molecule has 5 heteroatoms. The van der Waals surface area contributed by atoms with Crippen molar-refractivity contribution in [1.82, 2.24) is 5.32 Å². The van der Waals surface area contributed by atoms with E-state index in [2.05, 4.69) is 5.32 Å². The minimum absolute atomic E-state index is 0.0405. The van der Waals surface area contributed by atoms with Crippen LogP contribution >= 0.6 is 0 Å². The van der Waals surface area contributed by atoms with Crippen LogP contribution in [0.1, 0.15) is 24.1 Å². The quantitative estimate of drug-likeness (QED) is 0.638. The van der Waals surface area contributed by atoms with E-state index in [-0.39, 0.29) is 11.7 Å². The Labute approximate surface area is 146 Å². The number of ether oxygens (including phenoxy) is 1. The maximum Gasteiger partial charge on any atom is 0.217 e. The Morgan fingerprint density at radius 2 is 1.92 bits per heavy atom. The molecule has 0 aliphatic heterocycles. The zero-order chi connectivity index (χ0) is 18.0. The maximum absolute atomic E-state index is 11.8. The highest BCUT2D eigenvalue weighted by Crippen LogP contribution is 2.36. The Morgan fingerprint density at radius 1 is 1.16 bits per heavy atom. The zero-order valence-corrected chi connectivity index (χ0v) is 14.1. The summed E-state index contributed by atoms with van der Waals surface area (Å²) < 4.78 is 5.20. The van der Waals surface area contributed by atoms with Crippen LogP contribution in [0.15, 0.2) is 54.6 Å². The molecule has 5 nitrogen and oxygen atoms in total. The molecule has 4 N–H and O–H groups in total. The Hall–Kier alpha value is -3.21. The van der Waals surface area contributed by atoms with Gasteiger partial charge in [-0.05, 0) is 34.5 Å². The number of rotatable bonds is 4. The molecular formula is C20H20N2O3. The lowest BCUT2D eigenvalue weighted by atomic mass is 9.92. The Morgan fingerprint density at radius 3 is 2.64 bits per heavy atom. The minimum atomic E-state index is -0.460. The van der Waals surface area contributed by atoms with E-state index in [1.807, 2.05) is 36.4 Å². The Bertz CT molecular complexity index is 937. The van der Waals surface area contributed by atoms with E-state index in [1.54, 1.807) is 18.2 Å². The number of amides is 1. The Balaban J connectivity index is 2.24. The number of nitrogens with one attached hydrogen (secondary N) is 1. The van der Waals surface area contributed by atoms with Gasteiger partial charge in [0.1, 0.15) is 0 Å². The first kappa shape index (κ1) is 16.6. The zero-order valence-electron chi connectivity index (χ0n) is 14.1. The summed E-state index contributed by atoms with van der Waals surface area (Å²) >= 11 is 0. The number of carbonyl (C=O) groups excluding carboxylic acids is 1. The van der Waals surface area contributed by atoms with E-state index >= 15 is 0 Å². The molecule has 3 aromatic carbocycles. The van der Waals surface area contributed by atoms with E-state index in [0.717, 1.165) is 21.9 Å². The van der Waals surface area contributed by atoms with Gasteiger partial charge in [-0.3, -0.25) is 4.79 Å². The SMILES string of the molecule is COc1cc(C(NC(C)=O)c2c(N)ccc3ccccc23)ccc1O. The van der Waals surface area contributed by atoms with Crippen molar-refractivity contribution in [3.8, 4) is 11.5 Å². The first-order valence-electron chi connectivity index (χ1n) is 7.92. The van der Waals surface area contributed by atoms with Gasteiger partial charge in [-0.15, -0.1) is 0 Å². The molecule has 0 bridgehead atoms. The lowest BCUT2D eigenvalue weighted by Crippen LogP contribution is -2.27. The number of nitrogens with two attached hydrogens (primary N) is 1. The molecule has 3 rings (SSSR count). The lowest BCUT2D eigenvalue weighted by molar-refractivity contribution is -0.119. The van der Waals surface area contributed by atoms with Gasteiger partial charge in [0.05, 0.1) is 13.2 Å². The second-order valence-corrected chi connectivity index (χ2v) is 5.85. The predicted molar refractivity (Wildman–Crippen MR) is 98.7 cm³/mol. The van der Waals surface area contributed by atoms with Crippen LogP contribution in [0, 0.1) is 0 Å². The van der Waals surface area contributed by atoms with E-state index in [9.17, 15) is 9.90 Å². The topological polar surface area (TPSA) is 84.6 Å².